The first-order chi connectivity index (χ1) is 17.8. The van der Waals surface area contributed by atoms with Crippen LogP contribution in [0, 0.1) is 5.92 Å². The molecule has 3 aromatic carbocycles. The first-order valence-corrected chi connectivity index (χ1v) is 12.1. The second-order valence-corrected chi connectivity index (χ2v) is 9.44. The van der Waals surface area contributed by atoms with Crippen LogP contribution >= 0.6 is 0 Å². The lowest BCUT2D eigenvalue weighted by atomic mass is 9.98. The Kier molecular flexibility index (Phi) is 6.48. The zero-order valence-corrected chi connectivity index (χ0v) is 20.5. The van der Waals surface area contributed by atoms with E-state index in [0.717, 1.165) is 22.3 Å². The highest BCUT2D eigenvalue weighted by Gasteiger charge is 2.39. The molecule has 1 aliphatic heterocycles. The van der Waals surface area contributed by atoms with Crippen molar-refractivity contribution in [1.29, 1.82) is 0 Å². The Bertz CT molecular complexity index is 1320. The normalized spacial score (nSPS) is 14.7. The number of hydrogen-bond donors (Lipinski definition) is 1. The molecule has 0 aromatic heterocycles. The minimum Gasteiger partial charge on any atom is -0.449 e. The maximum Gasteiger partial charge on any atom is 0.407 e. The highest BCUT2D eigenvalue weighted by molar-refractivity contribution is 6.20. The van der Waals surface area contributed by atoms with Gasteiger partial charge >= 0.3 is 12.1 Å². The Labute approximate surface area is 214 Å². The number of carbonyl (C=O) groups is 4. The average molecular weight is 499 g/mol. The molecule has 5 rings (SSSR count). The zero-order valence-electron chi connectivity index (χ0n) is 20.5. The second kappa shape index (κ2) is 9.89. The van der Waals surface area contributed by atoms with Crippen LogP contribution < -0.4 is 5.32 Å². The Morgan fingerprint density at radius 3 is 1.81 bits per heavy atom. The van der Waals surface area contributed by atoms with Crippen LogP contribution in [0.2, 0.25) is 0 Å². The Balaban J connectivity index is 1.19. The molecule has 0 saturated heterocycles. The van der Waals surface area contributed by atoms with Crippen LogP contribution in [0.4, 0.5) is 4.79 Å². The molecule has 0 radical (unpaired) electrons. The van der Waals surface area contributed by atoms with Crippen molar-refractivity contribution in [3.63, 3.8) is 0 Å². The highest BCUT2D eigenvalue weighted by Crippen LogP contribution is 2.44. The fourth-order valence-corrected chi connectivity index (χ4v) is 4.81. The molecule has 0 unspecified atom stereocenters. The van der Waals surface area contributed by atoms with Gasteiger partial charge in [0.1, 0.15) is 6.61 Å². The molecule has 3 amide bonds. The number of nitrogens with one attached hydrogen (secondary N) is 1. The number of fused-ring (bicyclic) bond motifs is 4. The molecule has 1 heterocycles. The summed E-state index contributed by atoms with van der Waals surface area (Å²) < 4.78 is 5.59. The van der Waals surface area contributed by atoms with E-state index in [1.54, 1.807) is 12.1 Å². The van der Waals surface area contributed by atoms with E-state index in [0.29, 0.717) is 5.06 Å². The number of alkyl carbamates (subject to hydrolysis) is 1. The molecule has 0 spiro atoms. The summed E-state index contributed by atoms with van der Waals surface area (Å²) in [6, 6.07) is 21.7. The summed E-state index contributed by atoms with van der Waals surface area (Å²) in [4.78, 5) is 55.4. The standard InChI is InChI=1S/C29H26N2O6/c1-17(2)25(15-26(32)37-31-27(33)22-13-7-8-14-23(22)28(31)34)30-29(35)36-16-24-20-11-5-3-9-18(20)19-10-4-6-12-21(19)24/h3-14,17,24-25H,15-16H2,1-2H3,(H,30,35)/t25-/m0/s1. The van der Waals surface area contributed by atoms with Gasteiger partial charge in [0.05, 0.1) is 17.5 Å². The van der Waals surface area contributed by atoms with Crippen molar-refractivity contribution in [1.82, 2.24) is 10.4 Å². The van der Waals surface area contributed by atoms with Crippen molar-refractivity contribution in [3.8, 4) is 11.1 Å². The minimum absolute atomic E-state index is 0.0885. The van der Waals surface area contributed by atoms with Crippen LogP contribution in [0.5, 0.6) is 0 Å². The number of ether oxygens (including phenoxy) is 1. The van der Waals surface area contributed by atoms with Crippen molar-refractivity contribution in [2.75, 3.05) is 6.61 Å². The van der Waals surface area contributed by atoms with E-state index in [-0.39, 0.29) is 36.0 Å². The molecule has 2 aliphatic rings. The number of hydrogen-bond acceptors (Lipinski definition) is 6. The minimum atomic E-state index is -0.813. The molecule has 1 N–H and O–H groups in total. The fraction of sp³-hybridized carbons (Fsp3) is 0.241. The third kappa shape index (κ3) is 4.58. The summed E-state index contributed by atoms with van der Waals surface area (Å²) in [5.41, 5.74) is 4.81. The molecule has 1 atom stereocenters. The first-order valence-electron chi connectivity index (χ1n) is 12.1. The molecule has 0 fully saturated rings. The van der Waals surface area contributed by atoms with Gasteiger partial charge < -0.3 is 14.9 Å². The van der Waals surface area contributed by atoms with E-state index in [1.807, 2.05) is 50.2 Å². The van der Waals surface area contributed by atoms with Gasteiger partial charge in [0.15, 0.2) is 0 Å². The lowest BCUT2D eigenvalue weighted by Gasteiger charge is -2.23. The second-order valence-electron chi connectivity index (χ2n) is 9.44. The third-order valence-corrected chi connectivity index (χ3v) is 6.79. The molecule has 0 bridgehead atoms. The van der Waals surface area contributed by atoms with Crippen LogP contribution in [0.1, 0.15) is 58.0 Å². The predicted molar refractivity (Wildman–Crippen MR) is 134 cm³/mol. The summed E-state index contributed by atoms with van der Waals surface area (Å²) in [7, 11) is 0. The van der Waals surface area contributed by atoms with Gasteiger partial charge in [0.25, 0.3) is 11.8 Å². The van der Waals surface area contributed by atoms with Gasteiger partial charge in [0, 0.05) is 12.0 Å². The van der Waals surface area contributed by atoms with Gasteiger partial charge in [0.2, 0.25) is 0 Å². The largest absolute Gasteiger partial charge is 0.449 e. The van der Waals surface area contributed by atoms with Gasteiger partial charge in [-0.05, 0) is 40.3 Å². The molecule has 3 aromatic rings. The van der Waals surface area contributed by atoms with Crippen LogP contribution in [-0.4, -0.2) is 41.6 Å². The lowest BCUT2D eigenvalue weighted by Crippen LogP contribution is -2.42. The van der Waals surface area contributed by atoms with E-state index in [9.17, 15) is 19.2 Å². The number of carbonyl (C=O) groups excluding carboxylic acids is 4. The van der Waals surface area contributed by atoms with Crippen molar-refractivity contribution >= 4 is 23.9 Å². The van der Waals surface area contributed by atoms with Crippen molar-refractivity contribution in [3.05, 3.63) is 95.1 Å². The number of imide groups is 1. The van der Waals surface area contributed by atoms with Gasteiger partial charge in [-0.3, -0.25) is 9.59 Å². The third-order valence-electron chi connectivity index (χ3n) is 6.79. The molecule has 8 nitrogen and oxygen atoms in total. The van der Waals surface area contributed by atoms with Gasteiger partial charge in [-0.2, -0.15) is 0 Å². The van der Waals surface area contributed by atoms with E-state index < -0.39 is 29.9 Å². The topological polar surface area (TPSA) is 102 Å². The molecule has 188 valence electrons. The van der Waals surface area contributed by atoms with Gasteiger partial charge in [-0.1, -0.05) is 79.6 Å². The summed E-state index contributed by atoms with van der Waals surface area (Å²) in [6.45, 7) is 3.82. The Morgan fingerprint density at radius 1 is 0.811 bits per heavy atom. The number of benzene rings is 3. The monoisotopic (exact) mass is 498 g/mol. The Hall–Kier alpha value is -4.46. The van der Waals surface area contributed by atoms with Gasteiger partial charge in [-0.15, -0.1) is 0 Å². The van der Waals surface area contributed by atoms with Gasteiger partial charge in [-0.25, -0.2) is 9.59 Å². The average Bonchev–Trinajstić information content (AvgIpc) is 3.34. The van der Waals surface area contributed by atoms with Crippen LogP contribution in [0.3, 0.4) is 0 Å². The number of amides is 3. The summed E-state index contributed by atoms with van der Waals surface area (Å²) in [5, 5.41) is 3.20. The maximum atomic E-state index is 12.7. The van der Waals surface area contributed by atoms with Crippen molar-refractivity contribution in [2.45, 2.75) is 32.2 Å². The van der Waals surface area contributed by atoms with Crippen molar-refractivity contribution in [2.24, 2.45) is 5.92 Å². The molecular weight excluding hydrogens is 472 g/mol. The van der Waals surface area contributed by atoms with Crippen LogP contribution in [0.25, 0.3) is 11.1 Å². The summed E-state index contributed by atoms with van der Waals surface area (Å²) in [6.07, 6.45) is -0.899. The molecule has 8 heteroatoms. The number of rotatable bonds is 7. The maximum absolute atomic E-state index is 12.7. The number of nitrogens with zero attached hydrogens (tertiary/aromatic N) is 1. The van der Waals surface area contributed by atoms with E-state index in [1.165, 1.54) is 12.1 Å². The lowest BCUT2D eigenvalue weighted by molar-refractivity contribution is -0.169. The number of hydroxylamine groups is 2. The predicted octanol–water partition coefficient (Wildman–Crippen LogP) is 4.69. The van der Waals surface area contributed by atoms with E-state index in [4.69, 9.17) is 9.57 Å². The fourth-order valence-electron chi connectivity index (χ4n) is 4.81. The molecular formula is C29H26N2O6. The molecule has 37 heavy (non-hydrogen) atoms. The van der Waals surface area contributed by atoms with Crippen LogP contribution in [0.15, 0.2) is 72.8 Å². The SMILES string of the molecule is CC(C)[C@H](CC(=O)ON1C(=O)c2ccccc2C1=O)NC(=O)OCC1c2ccccc2-c2ccccc21. The Morgan fingerprint density at radius 2 is 1.30 bits per heavy atom. The van der Waals surface area contributed by atoms with E-state index in [2.05, 4.69) is 17.4 Å². The molecule has 0 saturated carbocycles. The first kappa shape index (κ1) is 24.2. The summed E-state index contributed by atoms with van der Waals surface area (Å²) >= 11 is 0. The smallest absolute Gasteiger partial charge is 0.407 e. The van der Waals surface area contributed by atoms with Crippen LogP contribution in [-0.2, 0) is 14.4 Å². The van der Waals surface area contributed by atoms with E-state index >= 15 is 0 Å². The molecule has 1 aliphatic carbocycles. The van der Waals surface area contributed by atoms with Crippen molar-refractivity contribution < 1.29 is 28.8 Å². The highest BCUT2D eigenvalue weighted by atomic mass is 16.7. The quantitative estimate of drug-likeness (QED) is 0.474. The zero-order chi connectivity index (χ0) is 26.1. The summed E-state index contributed by atoms with van der Waals surface area (Å²) in [5.74, 6) is -2.43.